The number of rotatable bonds is 2. The fourth-order valence-electron chi connectivity index (χ4n) is 2.69. The van der Waals surface area contributed by atoms with Gasteiger partial charge in [-0.3, -0.25) is 4.79 Å². The molecule has 1 aliphatic heterocycles. The Kier molecular flexibility index (Phi) is 5.84. The number of nitrogens with zero attached hydrogens (tertiary/aromatic N) is 3. The third-order valence-corrected chi connectivity index (χ3v) is 4.67. The van der Waals surface area contributed by atoms with Gasteiger partial charge in [-0.2, -0.15) is 5.10 Å². The zero-order valence-corrected chi connectivity index (χ0v) is 15.5. The molecule has 2 aromatic rings. The van der Waals surface area contributed by atoms with Crippen LogP contribution in [0.25, 0.3) is 5.69 Å². The smallest absolute Gasteiger partial charge is 0.274 e. The molecule has 0 saturated carbocycles. The molecule has 0 aliphatic carbocycles. The van der Waals surface area contributed by atoms with Gasteiger partial charge in [0.15, 0.2) is 5.69 Å². The van der Waals surface area contributed by atoms with E-state index in [2.05, 4.69) is 40.2 Å². The maximum absolute atomic E-state index is 12.7. The molecule has 1 fully saturated rings. The van der Waals surface area contributed by atoms with Crippen molar-refractivity contribution in [1.82, 2.24) is 20.0 Å². The summed E-state index contributed by atoms with van der Waals surface area (Å²) < 4.78 is 2.71. The van der Waals surface area contributed by atoms with Crippen LogP contribution in [0.3, 0.4) is 0 Å². The monoisotopic (exact) mass is 398 g/mol. The Morgan fingerprint density at radius 2 is 2.13 bits per heavy atom. The van der Waals surface area contributed by atoms with Gasteiger partial charge < -0.3 is 10.2 Å². The quantitative estimate of drug-likeness (QED) is 0.845. The maximum Gasteiger partial charge on any atom is 0.274 e. The molecule has 124 valence electrons. The van der Waals surface area contributed by atoms with E-state index in [-0.39, 0.29) is 24.4 Å². The summed E-state index contributed by atoms with van der Waals surface area (Å²) >= 11 is 3.45. The standard InChI is InChI=1S/C16H19BrN4O.ClH/c1-11-12(2)20(9-7-18-11)16(22)15-6-8-21(19-15)14-5-3-4-13(17)10-14;/h3-6,8,10-12,18H,7,9H2,1-2H3;1H. The van der Waals surface area contributed by atoms with Crippen molar-refractivity contribution in [3.63, 3.8) is 0 Å². The molecule has 2 unspecified atom stereocenters. The summed E-state index contributed by atoms with van der Waals surface area (Å²) in [7, 11) is 0. The molecule has 5 nitrogen and oxygen atoms in total. The number of carbonyl (C=O) groups is 1. The van der Waals surface area contributed by atoms with Gasteiger partial charge in [0.05, 0.1) is 5.69 Å². The molecule has 1 aromatic heterocycles. The summed E-state index contributed by atoms with van der Waals surface area (Å²) in [5.41, 5.74) is 1.41. The summed E-state index contributed by atoms with van der Waals surface area (Å²) in [6, 6.07) is 10.1. The minimum absolute atomic E-state index is 0. The van der Waals surface area contributed by atoms with Crippen LogP contribution in [0.5, 0.6) is 0 Å². The van der Waals surface area contributed by atoms with Gasteiger partial charge in [0.25, 0.3) is 5.91 Å². The predicted octanol–water partition coefficient (Wildman–Crippen LogP) is 2.88. The first kappa shape index (κ1) is 18.0. The minimum atomic E-state index is -0.00500. The van der Waals surface area contributed by atoms with Gasteiger partial charge in [-0.15, -0.1) is 12.4 Å². The number of hydrogen-bond donors (Lipinski definition) is 1. The van der Waals surface area contributed by atoms with E-state index < -0.39 is 0 Å². The summed E-state index contributed by atoms with van der Waals surface area (Å²) in [6.07, 6.45) is 1.82. The van der Waals surface area contributed by atoms with Gasteiger partial charge in [0, 0.05) is 35.8 Å². The second kappa shape index (κ2) is 7.47. The van der Waals surface area contributed by atoms with Crippen molar-refractivity contribution >= 4 is 34.2 Å². The first-order valence-corrected chi connectivity index (χ1v) is 8.21. The van der Waals surface area contributed by atoms with Crippen molar-refractivity contribution < 1.29 is 4.79 Å². The third kappa shape index (κ3) is 3.76. The number of piperazine rings is 1. The summed E-state index contributed by atoms with van der Waals surface area (Å²) in [6.45, 7) is 5.71. The van der Waals surface area contributed by atoms with Gasteiger partial charge in [0.1, 0.15) is 0 Å². The number of halogens is 2. The van der Waals surface area contributed by atoms with E-state index in [9.17, 15) is 4.79 Å². The van der Waals surface area contributed by atoms with Crippen LogP contribution in [0, 0.1) is 0 Å². The molecule has 23 heavy (non-hydrogen) atoms. The van der Waals surface area contributed by atoms with E-state index in [1.807, 2.05) is 35.4 Å². The number of amides is 1. The van der Waals surface area contributed by atoms with Crippen LogP contribution in [0.4, 0.5) is 0 Å². The first-order valence-electron chi connectivity index (χ1n) is 7.42. The maximum atomic E-state index is 12.7. The lowest BCUT2D eigenvalue weighted by atomic mass is 10.1. The molecule has 1 N–H and O–H groups in total. The fourth-order valence-corrected chi connectivity index (χ4v) is 3.08. The number of carbonyl (C=O) groups excluding carboxylic acids is 1. The van der Waals surface area contributed by atoms with Crippen molar-refractivity contribution in [2.45, 2.75) is 25.9 Å². The van der Waals surface area contributed by atoms with Crippen LogP contribution in [0.15, 0.2) is 41.0 Å². The van der Waals surface area contributed by atoms with Gasteiger partial charge in [-0.05, 0) is 38.1 Å². The average molecular weight is 400 g/mol. The molecule has 0 spiro atoms. The van der Waals surface area contributed by atoms with Crippen molar-refractivity contribution in [2.24, 2.45) is 0 Å². The highest BCUT2D eigenvalue weighted by atomic mass is 79.9. The Hall–Kier alpha value is -1.37. The number of nitrogens with one attached hydrogen (secondary N) is 1. The normalized spacial score (nSPS) is 20.9. The van der Waals surface area contributed by atoms with Crippen LogP contribution in [0.1, 0.15) is 24.3 Å². The minimum Gasteiger partial charge on any atom is -0.332 e. The SMILES string of the molecule is CC1NCCN(C(=O)c2ccn(-c3cccc(Br)c3)n2)C1C.Cl. The van der Waals surface area contributed by atoms with E-state index in [1.54, 1.807) is 10.7 Å². The molecule has 1 aromatic carbocycles. The van der Waals surface area contributed by atoms with Crippen LogP contribution in [-0.4, -0.2) is 45.8 Å². The van der Waals surface area contributed by atoms with Crippen molar-refractivity contribution in [3.8, 4) is 5.69 Å². The molecule has 2 heterocycles. The molecule has 3 rings (SSSR count). The van der Waals surface area contributed by atoms with Crippen LogP contribution in [0.2, 0.25) is 0 Å². The first-order chi connectivity index (χ1) is 10.6. The Morgan fingerprint density at radius 3 is 2.87 bits per heavy atom. The lowest BCUT2D eigenvalue weighted by Crippen LogP contribution is -2.57. The second-order valence-corrected chi connectivity index (χ2v) is 6.52. The number of aromatic nitrogens is 2. The van der Waals surface area contributed by atoms with Crippen molar-refractivity contribution in [3.05, 3.63) is 46.7 Å². The summed E-state index contributed by atoms with van der Waals surface area (Å²) in [4.78, 5) is 14.6. The molecule has 1 saturated heterocycles. The van der Waals surface area contributed by atoms with E-state index >= 15 is 0 Å². The average Bonchev–Trinajstić information content (AvgIpc) is 2.99. The Bertz CT molecular complexity index is 690. The van der Waals surface area contributed by atoms with Crippen LogP contribution < -0.4 is 5.32 Å². The molecular formula is C16H20BrClN4O. The highest BCUT2D eigenvalue weighted by Crippen LogP contribution is 2.17. The Balaban J connectivity index is 0.00000192. The summed E-state index contributed by atoms with van der Waals surface area (Å²) in [5, 5.41) is 7.82. The van der Waals surface area contributed by atoms with E-state index in [0.29, 0.717) is 18.3 Å². The zero-order valence-electron chi connectivity index (χ0n) is 13.1. The highest BCUT2D eigenvalue weighted by Gasteiger charge is 2.29. The lowest BCUT2D eigenvalue weighted by Gasteiger charge is -2.38. The predicted molar refractivity (Wildman–Crippen MR) is 96.5 cm³/mol. The zero-order chi connectivity index (χ0) is 15.7. The molecule has 0 bridgehead atoms. The molecule has 2 atom stereocenters. The second-order valence-electron chi connectivity index (χ2n) is 5.61. The Labute approximate surface area is 150 Å². The fraction of sp³-hybridized carbons (Fsp3) is 0.375. The Morgan fingerprint density at radius 1 is 1.35 bits per heavy atom. The van der Waals surface area contributed by atoms with Crippen LogP contribution >= 0.6 is 28.3 Å². The van der Waals surface area contributed by atoms with Gasteiger partial charge in [-0.25, -0.2) is 4.68 Å². The topological polar surface area (TPSA) is 50.2 Å². The molecule has 1 amide bonds. The van der Waals surface area contributed by atoms with Crippen molar-refractivity contribution in [1.29, 1.82) is 0 Å². The van der Waals surface area contributed by atoms with Crippen molar-refractivity contribution in [2.75, 3.05) is 13.1 Å². The molecule has 7 heteroatoms. The third-order valence-electron chi connectivity index (χ3n) is 4.18. The summed E-state index contributed by atoms with van der Waals surface area (Å²) in [5.74, 6) is -0.00500. The van der Waals surface area contributed by atoms with Crippen LogP contribution in [-0.2, 0) is 0 Å². The van der Waals surface area contributed by atoms with E-state index in [0.717, 1.165) is 16.7 Å². The van der Waals surface area contributed by atoms with Gasteiger partial charge in [-0.1, -0.05) is 22.0 Å². The molecule has 1 aliphatic rings. The van der Waals surface area contributed by atoms with Gasteiger partial charge in [0.2, 0.25) is 0 Å². The number of benzene rings is 1. The highest BCUT2D eigenvalue weighted by molar-refractivity contribution is 9.10. The van der Waals surface area contributed by atoms with Gasteiger partial charge >= 0.3 is 0 Å². The molecular weight excluding hydrogens is 380 g/mol. The lowest BCUT2D eigenvalue weighted by molar-refractivity contribution is 0.0596. The van der Waals surface area contributed by atoms with E-state index in [4.69, 9.17) is 0 Å². The van der Waals surface area contributed by atoms with E-state index in [1.165, 1.54) is 0 Å². The largest absolute Gasteiger partial charge is 0.332 e. The number of hydrogen-bond acceptors (Lipinski definition) is 3. The molecule has 0 radical (unpaired) electrons.